The minimum atomic E-state index is 1.16. The molecule has 0 unspecified atom stereocenters. The summed E-state index contributed by atoms with van der Waals surface area (Å²) < 4.78 is 9.87. The summed E-state index contributed by atoms with van der Waals surface area (Å²) in [7, 11) is 0. The second-order valence-corrected chi connectivity index (χ2v) is 13.7. The standard InChI is InChI=1S/C44H27N3S/c1-3-11-29(12-4-1)45-24-23-28-25-36-34-20-21-35-33-16-8-10-18-42(33)48-44(35)43(34)47(41(36)27-40(28)45)31-19-22-39-37(26-31)32-15-7-9-17-38(32)46(39)30-13-5-2-6-14-30/h1-27H. The molecule has 0 saturated heterocycles. The van der Waals surface area contributed by atoms with E-state index in [4.69, 9.17) is 0 Å². The van der Waals surface area contributed by atoms with Crippen molar-refractivity contribution in [3.8, 4) is 17.1 Å². The zero-order valence-corrected chi connectivity index (χ0v) is 26.7. The van der Waals surface area contributed by atoms with Crippen molar-refractivity contribution < 1.29 is 0 Å². The molecule has 4 heteroatoms. The van der Waals surface area contributed by atoms with Crippen LogP contribution in [0.15, 0.2) is 164 Å². The van der Waals surface area contributed by atoms with Gasteiger partial charge in [0.1, 0.15) is 0 Å². The molecule has 11 rings (SSSR count). The topological polar surface area (TPSA) is 14.8 Å². The van der Waals surface area contributed by atoms with Gasteiger partial charge in [-0.15, -0.1) is 11.3 Å². The van der Waals surface area contributed by atoms with E-state index in [1.165, 1.54) is 86.1 Å². The molecule has 224 valence electrons. The van der Waals surface area contributed by atoms with Gasteiger partial charge in [0.25, 0.3) is 0 Å². The maximum Gasteiger partial charge on any atom is 0.0719 e. The molecule has 4 aromatic heterocycles. The smallest absolute Gasteiger partial charge is 0.0719 e. The van der Waals surface area contributed by atoms with E-state index in [1.54, 1.807) is 0 Å². The third-order valence-corrected chi connectivity index (χ3v) is 11.2. The van der Waals surface area contributed by atoms with E-state index in [0.29, 0.717) is 0 Å². The van der Waals surface area contributed by atoms with Crippen molar-refractivity contribution in [1.29, 1.82) is 0 Å². The Hall–Kier alpha value is -6.10. The van der Waals surface area contributed by atoms with E-state index in [2.05, 4.69) is 178 Å². The minimum Gasteiger partial charge on any atom is -0.316 e. The van der Waals surface area contributed by atoms with Crippen LogP contribution in [0.3, 0.4) is 0 Å². The Balaban J connectivity index is 1.29. The van der Waals surface area contributed by atoms with Crippen LogP contribution in [0.5, 0.6) is 0 Å². The molecule has 11 aromatic rings. The molecule has 0 radical (unpaired) electrons. The number of rotatable bonds is 3. The molecule has 0 aliphatic heterocycles. The molecule has 0 N–H and O–H groups in total. The average molecular weight is 630 g/mol. The van der Waals surface area contributed by atoms with Crippen LogP contribution in [0, 0.1) is 0 Å². The lowest BCUT2D eigenvalue weighted by atomic mass is 10.1. The van der Waals surface area contributed by atoms with Crippen LogP contribution in [0.1, 0.15) is 0 Å². The van der Waals surface area contributed by atoms with Gasteiger partial charge in [-0.3, -0.25) is 0 Å². The third kappa shape index (κ3) is 3.52. The van der Waals surface area contributed by atoms with Crippen molar-refractivity contribution in [2.45, 2.75) is 0 Å². The van der Waals surface area contributed by atoms with E-state index in [9.17, 15) is 0 Å². The van der Waals surface area contributed by atoms with Gasteiger partial charge >= 0.3 is 0 Å². The highest BCUT2D eigenvalue weighted by molar-refractivity contribution is 7.26. The normalized spacial score (nSPS) is 12.2. The number of hydrogen-bond acceptors (Lipinski definition) is 1. The maximum absolute atomic E-state index is 2.53. The average Bonchev–Trinajstić information content (AvgIpc) is 3.90. The van der Waals surface area contributed by atoms with Crippen molar-refractivity contribution in [3.63, 3.8) is 0 Å². The number of fused-ring (bicyclic) bond motifs is 11. The van der Waals surface area contributed by atoms with Crippen LogP contribution in [0.4, 0.5) is 0 Å². The van der Waals surface area contributed by atoms with Crippen LogP contribution in [-0.4, -0.2) is 13.7 Å². The number of hydrogen-bond donors (Lipinski definition) is 0. The van der Waals surface area contributed by atoms with Gasteiger partial charge in [0.15, 0.2) is 0 Å². The largest absolute Gasteiger partial charge is 0.316 e. The maximum atomic E-state index is 2.53. The molecule has 0 aliphatic rings. The molecule has 3 nitrogen and oxygen atoms in total. The summed E-state index contributed by atoms with van der Waals surface area (Å²) >= 11 is 1.90. The zero-order chi connectivity index (χ0) is 31.3. The van der Waals surface area contributed by atoms with E-state index >= 15 is 0 Å². The fourth-order valence-electron chi connectivity index (χ4n) is 7.94. The summed E-state index contributed by atoms with van der Waals surface area (Å²) in [5, 5.41) is 8.93. The lowest BCUT2D eigenvalue weighted by molar-refractivity contribution is 1.13. The molecule has 0 atom stereocenters. The lowest BCUT2D eigenvalue weighted by Crippen LogP contribution is -1.96. The molecule has 0 aliphatic carbocycles. The Bertz CT molecular complexity index is 3050. The summed E-state index contributed by atoms with van der Waals surface area (Å²) in [4.78, 5) is 0. The molecule has 0 saturated carbocycles. The van der Waals surface area contributed by atoms with Crippen LogP contribution in [-0.2, 0) is 0 Å². The first-order chi connectivity index (χ1) is 23.8. The Labute approximate surface area is 279 Å². The second-order valence-electron chi connectivity index (χ2n) is 12.6. The first-order valence-electron chi connectivity index (χ1n) is 16.4. The van der Waals surface area contributed by atoms with Crippen molar-refractivity contribution in [2.24, 2.45) is 0 Å². The number of thiophene rings is 1. The molecular formula is C44H27N3S. The highest BCUT2D eigenvalue weighted by atomic mass is 32.1. The molecule has 0 fully saturated rings. The Morgan fingerprint density at radius 1 is 0.375 bits per heavy atom. The molecule has 0 bridgehead atoms. The van der Waals surface area contributed by atoms with Gasteiger partial charge in [-0.25, -0.2) is 0 Å². The first kappa shape index (κ1) is 26.0. The molecule has 0 amide bonds. The monoisotopic (exact) mass is 629 g/mol. The minimum absolute atomic E-state index is 1.16. The van der Waals surface area contributed by atoms with E-state index < -0.39 is 0 Å². The molecule has 7 aromatic carbocycles. The van der Waals surface area contributed by atoms with Crippen LogP contribution >= 0.6 is 11.3 Å². The molecular weight excluding hydrogens is 603 g/mol. The Kier molecular flexibility index (Phi) is 5.26. The van der Waals surface area contributed by atoms with Gasteiger partial charge in [-0.2, -0.15) is 0 Å². The van der Waals surface area contributed by atoms with Gasteiger partial charge in [0.05, 0.1) is 32.3 Å². The first-order valence-corrected chi connectivity index (χ1v) is 17.2. The van der Waals surface area contributed by atoms with Gasteiger partial charge in [0.2, 0.25) is 0 Å². The van der Waals surface area contributed by atoms with Gasteiger partial charge in [0, 0.05) is 65.7 Å². The van der Waals surface area contributed by atoms with E-state index in [-0.39, 0.29) is 0 Å². The van der Waals surface area contributed by atoms with Crippen molar-refractivity contribution in [2.75, 3.05) is 0 Å². The number of para-hydroxylation sites is 3. The third-order valence-electron chi connectivity index (χ3n) is 10.0. The SMILES string of the molecule is c1ccc(-n2ccc3cc4c5ccc6c7ccccc7sc6c5n(-c5ccc6c(c5)c5ccccc5n6-c5ccccc5)c4cc32)cc1. The van der Waals surface area contributed by atoms with E-state index in [0.717, 1.165) is 5.69 Å². The quantitative estimate of drug-likeness (QED) is 0.185. The van der Waals surface area contributed by atoms with Gasteiger partial charge < -0.3 is 13.7 Å². The predicted molar refractivity (Wildman–Crippen MR) is 205 cm³/mol. The summed E-state index contributed by atoms with van der Waals surface area (Å²) in [6, 6.07) is 57.7. The van der Waals surface area contributed by atoms with Crippen LogP contribution in [0.25, 0.3) is 91.7 Å². The molecule has 0 spiro atoms. The van der Waals surface area contributed by atoms with E-state index in [1.807, 2.05) is 11.3 Å². The number of aromatic nitrogens is 3. The lowest BCUT2D eigenvalue weighted by Gasteiger charge is -2.11. The van der Waals surface area contributed by atoms with Crippen LogP contribution < -0.4 is 0 Å². The predicted octanol–water partition coefficient (Wildman–Crippen LogP) is 12.2. The van der Waals surface area contributed by atoms with Gasteiger partial charge in [-0.1, -0.05) is 84.9 Å². The zero-order valence-electron chi connectivity index (χ0n) is 25.8. The van der Waals surface area contributed by atoms with Crippen molar-refractivity contribution >= 4 is 86.0 Å². The fourth-order valence-corrected chi connectivity index (χ4v) is 9.18. The Morgan fingerprint density at radius 3 is 1.92 bits per heavy atom. The van der Waals surface area contributed by atoms with Gasteiger partial charge in [-0.05, 0) is 72.8 Å². The summed E-state index contributed by atoms with van der Waals surface area (Å²) in [5.41, 5.74) is 9.61. The van der Waals surface area contributed by atoms with Crippen molar-refractivity contribution in [1.82, 2.24) is 13.7 Å². The second kappa shape index (κ2) is 9.71. The highest BCUT2D eigenvalue weighted by Gasteiger charge is 2.21. The Morgan fingerprint density at radius 2 is 1.06 bits per heavy atom. The molecule has 48 heavy (non-hydrogen) atoms. The summed E-state index contributed by atoms with van der Waals surface area (Å²) in [6.07, 6.45) is 2.19. The molecule has 4 heterocycles. The number of nitrogens with zero attached hydrogens (tertiary/aromatic N) is 3. The summed E-state index contributed by atoms with van der Waals surface area (Å²) in [6.45, 7) is 0. The fraction of sp³-hybridized carbons (Fsp3) is 0. The highest BCUT2D eigenvalue weighted by Crippen LogP contribution is 2.44. The number of benzene rings is 7. The van der Waals surface area contributed by atoms with Crippen molar-refractivity contribution in [3.05, 3.63) is 164 Å². The van der Waals surface area contributed by atoms with Crippen LogP contribution in [0.2, 0.25) is 0 Å². The summed E-state index contributed by atoms with van der Waals surface area (Å²) in [5.74, 6) is 0.